The fourth-order valence-electron chi connectivity index (χ4n) is 3.74. The standard InChI is InChI=1S/C23H25N7O.H2/c1-5-15-10-19(24-11-16(15)6-2)22-26-18-9-7-8-17(18)23(28-22)30(4)13-21(31)27-20-12-29(3)14-25-20;/h5-6,10-12,14H,1-2,7-9,13H2,3-4H3,(H,27,31);1H. The van der Waals surface area contributed by atoms with Crippen LogP contribution in [-0.2, 0) is 24.7 Å². The SMILES string of the molecule is C=Cc1cnc(-c2nc3c(c(N(C)CC(=O)Nc4cn(C)cn4)n2)CCC3)cc1C=C.[HH]. The van der Waals surface area contributed by atoms with Crippen molar-refractivity contribution in [3.05, 3.63) is 60.3 Å². The Morgan fingerprint density at radius 2 is 2.06 bits per heavy atom. The highest BCUT2D eigenvalue weighted by Crippen LogP contribution is 2.31. The van der Waals surface area contributed by atoms with E-state index in [9.17, 15) is 4.79 Å². The first kappa shape index (κ1) is 20.5. The zero-order chi connectivity index (χ0) is 22.0. The van der Waals surface area contributed by atoms with Gasteiger partial charge in [-0.2, -0.15) is 0 Å². The summed E-state index contributed by atoms with van der Waals surface area (Å²) >= 11 is 0. The molecule has 8 nitrogen and oxygen atoms in total. The van der Waals surface area contributed by atoms with Gasteiger partial charge in [0, 0.05) is 39.2 Å². The number of hydrogen-bond acceptors (Lipinski definition) is 6. The Balaban J connectivity index is 0.00000289. The number of amides is 1. The minimum absolute atomic E-state index is 0. The Labute approximate surface area is 182 Å². The summed E-state index contributed by atoms with van der Waals surface area (Å²) in [6.07, 6.45) is 11.5. The lowest BCUT2D eigenvalue weighted by Gasteiger charge is -2.21. The molecule has 8 heteroatoms. The summed E-state index contributed by atoms with van der Waals surface area (Å²) in [4.78, 5) is 32.6. The molecule has 1 N–H and O–H groups in total. The van der Waals surface area contributed by atoms with E-state index in [1.807, 2.05) is 25.1 Å². The van der Waals surface area contributed by atoms with Gasteiger partial charge >= 0.3 is 0 Å². The first-order valence-electron chi connectivity index (χ1n) is 10.1. The van der Waals surface area contributed by atoms with E-state index in [1.54, 1.807) is 35.4 Å². The number of hydrogen-bond donors (Lipinski definition) is 1. The highest BCUT2D eigenvalue weighted by Gasteiger charge is 2.23. The second kappa shape index (κ2) is 8.51. The minimum atomic E-state index is -0.157. The highest BCUT2D eigenvalue weighted by molar-refractivity contribution is 5.93. The van der Waals surface area contributed by atoms with Gasteiger partial charge in [0.25, 0.3) is 0 Å². The minimum Gasteiger partial charge on any atom is -0.350 e. The van der Waals surface area contributed by atoms with Crippen LogP contribution >= 0.6 is 0 Å². The number of rotatable bonds is 7. The molecule has 3 aromatic rings. The molecule has 1 aliphatic rings. The number of nitrogens with zero attached hydrogens (tertiary/aromatic N) is 6. The summed E-state index contributed by atoms with van der Waals surface area (Å²) in [5.41, 5.74) is 4.62. The van der Waals surface area contributed by atoms with Crippen LogP contribution in [0.15, 0.2) is 37.9 Å². The lowest BCUT2D eigenvalue weighted by atomic mass is 10.1. The maximum Gasteiger partial charge on any atom is 0.245 e. The van der Waals surface area contributed by atoms with Gasteiger partial charge in [0.1, 0.15) is 11.5 Å². The van der Waals surface area contributed by atoms with Crippen molar-refractivity contribution < 1.29 is 6.22 Å². The number of imidazole rings is 1. The first-order valence-corrected chi connectivity index (χ1v) is 10.1. The molecule has 0 saturated carbocycles. The third-order valence-corrected chi connectivity index (χ3v) is 5.26. The Kier molecular flexibility index (Phi) is 5.62. The number of carbonyl (C=O) groups is 1. The van der Waals surface area contributed by atoms with Crippen LogP contribution in [-0.4, -0.2) is 44.0 Å². The third-order valence-electron chi connectivity index (χ3n) is 5.26. The van der Waals surface area contributed by atoms with Crippen LogP contribution in [0.1, 0.15) is 30.2 Å². The molecule has 1 aliphatic carbocycles. The third kappa shape index (κ3) is 4.23. The lowest BCUT2D eigenvalue weighted by Crippen LogP contribution is -2.31. The number of aromatic nitrogens is 5. The van der Waals surface area contributed by atoms with Gasteiger partial charge in [-0.25, -0.2) is 15.0 Å². The summed E-state index contributed by atoms with van der Waals surface area (Å²) in [5.74, 6) is 1.68. The number of likely N-dealkylation sites (N-methyl/N-ethyl adjacent to an activating group) is 1. The number of aryl methyl sites for hydroxylation is 2. The number of fused-ring (bicyclic) bond motifs is 1. The Morgan fingerprint density at radius 1 is 1.26 bits per heavy atom. The van der Waals surface area contributed by atoms with Crippen LogP contribution in [0.5, 0.6) is 0 Å². The fraction of sp³-hybridized carbons (Fsp3) is 0.261. The molecule has 0 unspecified atom stereocenters. The van der Waals surface area contributed by atoms with Gasteiger partial charge in [-0.15, -0.1) is 0 Å². The second-order valence-electron chi connectivity index (χ2n) is 7.58. The predicted octanol–water partition coefficient (Wildman–Crippen LogP) is 3.37. The van der Waals surface area contributed by atoms with Gasteiger partial charge in [0.15, 0.2) is 11.6 Å². The predicted molar refractivity (Wildman–Crippen MR) is 125 cm³/mol. The average Bonchev–Trinajstić information content (AvgIpc) is 3.40. The van der Waals surface area contributed by atoms with Crippen molar-refractivity contribution >= 4 is 29.7 Å². The van der Waals surface area contributed by atoms with Crippen LogP contribution in [0.2, 0.25) is 0 Å². The van der Waals surface area contributed by atoms with Gasteiger partial charge in [0.2, 0.25) is 5.91 Å². The van der Waals surface area contributed by atoms with E-state index in [4.69, 9.17) is 9.97 Å². The Morgan fingerprint density at radius 3 is 2.77 bits per heavy atom. The molecule has 0 spiro atoms. The van der Waals surface area contributed by atoms with E-state index in [0.29, 0.717) is 17.3 Å². The van der Waals surface area contributed by atoms with Crippen LogP contribution in [0.4, 0.5) is 11.6 Å². The van der Waals surface area contributed by atoms with Crippen molar-refractivity contribution in [3.8, 4) is 11.5 Å². The van der Waals surface area contributed by atoms with Crippen LogP contribution in [0, 0.1) is 0 Å². The molecule has 0 saturated heterocycles. The lowest BCUT2D eigenvalue weighted by molar-refractivity contribution is -0.114. The molecule has 1 amide bonds. The van der Waals surface area contributed by atoms with Gasteiger partial charge in [-0.05, 0) is 36.5 Å². The second-order valence-corrected chi connectivity index (χ2v) is 7.58. The van der Waals surface area contributed by atoms with Crippen molar-refractivity contribution in [2.24, 2.45) is 7.05 Å². The topological polar surface area (TPSA) is 88.8 Å². The van der Waals surface area contributed by atoms with Crippen LogP contribution < -0.4 is 10.2 Å². The summed E-state index contributed by atoms with van der Waals surface area (Å²) in [6.45, 7) is 7.84. The molecular weight excluding hydrogens is 390 g/mol. The van der Waals surface area contributed by atoms with Crippen molar-refractivity contribution in [1.82, 2.24) is 24.5 Å². The van der Waals surface area contributed by atoms with Gasteiger partial charge in [0.05, 0.1) is 12.9 Å². The largest absolute Gasteiger partial charge is 0.350 e. The summed E-state index contributed by atoms with van der Waals surface area (Å²) in [5, 5.41) is 2.82. The van der Waals surface area contributed by atoms with E-state index in [1.165, 1.54) is 0 Å². The van der Waals surface area contributed by atoms with E-state index in [2.05, 4.69) is 28.4 Å². The molecule has 0 atom stereocenters. The molecule has 160 valence electrons. The number of anilines is 2. The quantitative estimate of drug-likeness (QED) is 0.634. The first-order chi connectivity index (χ1) is 15.0. The molecule has 0 fully saturated rings. The summed E-state index contributed by atoms with van der Waals surface area (Å²) in [7, 11) is 3.72. The molecule has 4 rings (SSSR count). The molecule has 0 aliphatic heterocycles. The molecule has 31 heavy (non-hydrogen) atoms. The zero-order valence-corrected chi connectivity index (χ0v) is 17.8. The molecule has 0 aromatic carbocycles. The Bertz CT molecular complexity index is 1170. The van der Waals surface area contributed by atoms with Crippen molar-refractivity contribution in [2.75, 3.05) is 23.8 Å². The molecule has 0 radical (unpaired) electrons. The molecule has 3 aromatic heterocycles. The zero-order valence-electron chi connectivity index (χ0n) is 17.8. The summed E-state index contributed by atoms with van der Waals surface area (Å²) in [6, 6.07) is 1.91. The fourth-order valence-corrected chi connectivity index (χ4v) is 3.74. The molecule has 3 heterocycles. The number of carbonyl (C=O) groups excluding carboxylic acids is 1. The smallest absolute Gasteiger partial charge is 0.245 e. The van der Waals surface area contributed by atoms with E-state index < -0.39 is 0 Å². The van der Waals surface area contributed by atoms with Crippen molar-refractivity contribution in [3.63, 3.8) is 0 Å². The van der Waals surface area contributed by atoms with Crippen LogP contribution in [0.25, 0.3) is 23.7 Å². The van der Waals surface area contributed by atoms with Crippen LogP contribution in [0.3, 0.4) is 0 Å². The number of pyridine rings is 1. The van der Waals surface area contributed by atoms with E-state index >= 15 is 0 Å². The average molecular weight is 418 g/mol. The van der Waals surface area contributed by atoms with E-state index in [-0.39, 0.29) is 13.9 Å². The highest BCUT2D eigenvalue weighted by atomic mass is 16.2. The maximum absolute atomic E-state index is 12.5. The van der Waals surface area contributed by atoms with Crippen molar-refractivity contribution in [1.29, 1.82) is 0 Å². The van der Waals surface area contributed by atoms with Gasteiger partial charge < -0.3 is 14.8 Å². The van der Waals surface area contributed by atoms with Gasteiger partial charge in [-0.3, -0.25) is 9.78 Å². The molecular formula is C23H27N7O. The normalized spacial score (nSPS) is 12.3. The summed E-state index contributed by atoms with van der Waals surface area (Å²) < 4.78 is 1.78. The van der Waals surface area contributed by atoms with Gasteiger partial charge in [-0.1, -0.05) is 25.3 Å². The molecule has 0 bridgehead atoms. The maximum atomic E-state index is 12.5. The van der Waals surface area contributed by atoms with Crippen molar-refractivity contribution in [2.45, 2.75) is 19.3 Å². The number of nitrogens with one attached hydrogen (secondary N) is 1. The monoisotopic (exact) mass is 417 g/mol. The van der Waals surface area contributed by atoms with E-state index in [0.717, 1.165) is 47.5 Å². The Hall–Kier alpha value is -3.81.